The normalized spacial score (nSPS) is 17.7. The molecule has 0 bridgehead atoms. The average molecular weight is 277 g/mol. The van der Waals surface area contributed by atoms with Crippen LogP contribution in [0, 0.1) is 5.41 Å². The highest BCUT2D eigenvalue weighted by atomic mass is 16.5. The summed E-state index contributed by atoms with van der Waals surface area (Å²) in [4.78, 5) is 0. The summed E-state index contributed by atoms with van der Waals surface area (Å²) in [5.74, 6) is 1.76. The summed E-state index contributed by atoms with van der Waals surface area (Å²) in [7, 11) is 1.67. The fraction of sp³-hybridized carbons (Fsp3) is 0.647. The molecule has 1 aromatic carbocycles. The Morgan fingerprint density at radius 2 is 1.70 bits per heavy atom. The molecule has 1 fully saturated rings. The molecule has 1 aliphatic carbocycles. The highest BCUT2D eigenvalue weighted by molar-refractivity contribution is 5.31. The lowest BCUT2D eigenvalue weighted by Gasteiger charge is -2.33. The van der Waals surface area contributed by atoms with E-state index in [1.165, 1.54) is 32.1 Å². The number of ether oxygens (including phenoxy) is 2. The molecule has 1 aliphatic rings. The van der Waals surface area contributed by atoms with Crippen molar-refractivity contribution in [2.24, 2.45) is 5.41 Å². The Bertz CT molecular complexity index is 382. The van der Waals surface area contributed by atoms with Crippen molar-refractivity contribution in [3.63, 3.8) is 0 Å². The first kappa shape index (κ1) is 15.2. The van der Waals surface area contributed by atoms with Crippen molar-refractivity contribution in [3.8, 4) is 11.5 Å². The second-order valence-corrected chi connectivity index (χ2v) is 6.07. The molecule has 0 aliphatic heterocycles. The van der Waals surface area contributed by atoms with E-state index in [-0.39, 0.29) is 0 Å². The summed E-state index contributed by atoms with van der Waals surface area (Å²) in [6, 6.07) is 7.74. The highest BCUT2D eigenvalue weighted by Gasteiger charge is 2.25. The number of benzene rings is 1. The van der Waals surface area contributed by atoms with E-state index < -0.39 is 0 Å². The van der Waals surface area contributed by atoms with E-state index in [1.807, 2.05) is 24.3 Å². The van der Waals surface area contributed by atoms with Crippen LogP contribution >= 0.6 is 0 Å². The molecular weight excluding hydrogens is 250 g/mol. The van der Waals surface area contributed by atoms with Crippen LogP contribution in [0.15, 0.2) is 24.3 Å². The minimum atomic E-state index is 0.498. The molecule has 2 rings (SSSR count). The third kappa shape index (κ3) is 4.71. The van der Waals surface area contributed by atoms with Crippen LogP contribution in [0.2, 0.25) is 0 Å². The molecule has 0 spiro atoms. The van der Waals surface area contributed by atoms with Gasteiger partial charge in [0.2, 0.25) is 0 Å². The van der Waals surface area contributed by atoms with Crippen molar-refractivity contribution in [2.45, 2.75) is 39.0 Å². The molecule has 0 unspecified atom stereocenters. The van der Waals surface area contributed by atoms with E-state index in [0.29, 0.717) is 12.0 Å². The maximum Gasteiger partial charge on any atom is 0.119 e. The molecule has 20 heavy (non-hydrogen) atoms. The van der Waals surface area contributed by atoms with E-state index in [4.69, 9.17) is 9.47 Å². The van der Waals surface area contributed by atoms with E-state index in [0.717, 1.165) is 24.6 Å². The summed E-state index contributed by atoms with van der Waals surface area (Å²) in [5.41, 5.74) is 0.498. The number of nitrogens with one attached hydrogen (secondary N) is 1. The van der Waals surface area contributed by atoms with Crippen molar-refractivity contribution in [1.29, 1.82) is 0 Å². The van der Waals surface area contributed by atoms with Crippen LogP contribution in [-0.4, -0.2) is 26.8 Å². The third-order valence-corrected chi connectivity index (χ3v) is 4.22. The van der Waals surface area contributed by atoms with Crippen LogP contribution in [-0.2, 0) is 0 Å². The smallest absolute Gasteiger partial charge is 0.119 e. The molecular formula is C17H27NO2. The second-order valence-electron chi connectivity index (χ2n) is 6.07. The van der Waals surface area contributed by atoms with E-state index in [2.05, 4.69) is 12.2 Å². The topological polar surface area (TPSA) is 30.5 Å². The second kappa shape index (κ2) is 7.53. The molecule has 3 nitrogen and oxygen atoms in total. The molecule has 1 saturated carbocycles. The first-order valence-electron chi connectivity index (χ1n) is 7.69. The Labute approximate surface area is 122 Å². The van der Waals surface area contributed by atoms with Crippen molar-refractivity contribution in [3.05, 3.63) is 24.3 Å². The molecule has 112 valence electrons. The first-order chi connectivity index (χ1) is 9.72. The maximum absolute atomic E-state index is 5.71. The largest absolute Gasteiger partial charge is 0.497 e. The van der Waals surface area contributed by atoms with E-state index in [1.54, 1.807) is 7.11 Å². The standard InChI is InChI=1S/C17H27NO2/c1-17(10-4-3-5-11-17)14-18-12-13-20-16-8-6-15(19-2)7-9-16/h6-9,18H,3-5,10-14H2,1-2H3. The van der Waals surface area contributed by atoms with Gasteiger partial charge in [0.05, 0.1) is 7.11 Å². The highest BCUT2D eigenvalue weighted by Crippen LogP contribution is 2.34. The van der Waals surface area contributed by atoms with Crippen molar-refractivity contribution in [2.75, 3.05) is 26.8 Å². The van der Waals surface area contributed by atoms with Crippen LogP contribution in [0.25, 0.3) is 0 Å². The molecule has 3 heteroatoms. The van der Waals surface area contributed by atoms with Gasteiger partial charge in [-0.05, 0) is 42.5 Å². The Kier molecular flexibility index (Phi) is 5.72. The fourth-order valence-corrected chi connectivity index (χ4v) is 2.89. The average Bonchev–Trinajstić information content (AvgIpc) is 2.48. The lowest BCUT2D eigenvalue weighted by atomic mass is 9.76. The lowest BCUT2D eigenvalue weighted by Crippen LogP contribution is -2.35. The van der Waals surface area contributed by atoms with Gasteiger partial charge in [-0.25, -0.2) is 0 Å². The summed E-state index contributed by atoms with van der Waals surface area (Å²) in [6.07, 6.45) is 6.91. The zero-order valence-corrected chi connectivity index (χ0v) is 12.8. The van der Waals surface area contributed by atoms with Gasteiger partial charge in [0, 0.05) is 13.1 Å². The summed E-state index contributed by atoms with van der Waals surface area (Å²) in [6.45, 7) is 5.13. The maximum atomic E-state index is 5.71. The van der Waals surface area contributed by atoms with Crippen molar-refractivity contribution < 1.29 is 9.47 Å². The SMILES string of the molecule is COc1ccc(OCCNCC2(C)CCCCC2)cc1. The molecule has 0 heterocycles. The Morgan fingerprint density at radius 3 is 2.35 bits per heavy atom. The fourth-order valence-electron chi connectivity index (χ4n) is 2.89. The van der Waals surface area contributed by atoms with Gasteiger partial charge < -0.3 is 14.8 Å². The Morgan fingerprint density at radius 1 is 1.05 bits per heavy atom. The van der Waals surface area contributed by atoms with Crippen molar-refractivity contribution in [1.82, 2.24) is 5.32 Å². The molecule has 0 atom stereocenters. The molecule has 0 saturated heterocycles. The monoisotopic (exact) mass is 277 g/mol. The van der Waals surface area contributed by atoms with Gasteiger partial charge in [0.1, 0.15) is 18.1 Å². The lowest BCUT2D eigenvalue weighted by molar-refractivity contribution is 0.202. The van der Waals surface area contributed by atoms with Crippen LogP contribution < -0.4 is 14.8 Å². The Balaban J connectivity index is 1.61. The molecule has 0 amide bonds. The molecule has 0 radical (unpaired) electrons. The van der Waals surface area contributed by atoms with Gasteiger partial charge in [-0.3, -0.25) is 0 Å². The summed E-state index contributed by atoms with van der Waals surface area (Å²) < 4.78 is 10.8. The van der Waals surface area contributed by atoms with Gasteiger partial charge in [-0.1, -0.05) is 26.2 Å². The summed E-state index contributed by atoms with van der Waals surface area (Å²) >= 11 is 0. The zero-order valence-electron chi connectivity index (χ0n) is 12.8. The number of rotatable bonds is 7. The Hall–Kier alpha value is -1.22. The zero-order chi connectivity index (χ0) is 14.3. The minimum Gasteiger partial charge on any atom is -0.497 e. The number of hydrogen-bond acceptors (Lipinski definition) is 3. The van der Waals surface area contributed by atoms with Gasteiger partial charge in [0.25, 0.3) is 0 Å². The third-order valence-electron chi connectivity index (χ3n) is 4.22. The summed E-state index contributed by atoms with van der Waals surface area (Å²) in [5, 5.41) is 3.54. The quantitative estimate of drug-likeness (QED) is 0.772. The predicted octanol–water partition coefficient (Wildman–Crippen LogP) is 3.63. The van der Waals surface area contributed by atoms with Gasteiger partial charge in [0.15, 0.2) is 0 Å². The number of methoxy groups -OCH3 is 1. The van der Waals surface area contributed by atoms with Gasteiger partial charge in [-0.15, -0.1) is 0 Å². The predicted molar refractivity (Wildman–Crippen MR) is 82.6 cm³/mol. The minimum absolute atomic E-state index is 0.498. The van der Waals surface area contributed by atoms with E-state index in [9.17, 15) is 0 Å². The molecule has 1 N–H and O–H groups in total. The van der Waals surface area contributed by atoms with Crippen LogP contribution in [0.4, 0.5) is 0 Å². The van der Waals surface area contributed by atoms with Crippen molar-refractivity contribution >= 4 is 0 Å². The van der Waals surface area contributed by atoms with Crippen LogP contribution in [0.3, 0.4) is 0 Å². The van der Waals surface area contributed by atoms with Gasteiger partial charge >= 0.3 is 0 Å². The molecule has 0 aromatic heterocycles. The van der Waals surface area contributed by atoms with Crippen LogP contribution in [0.5, 0.6) is 11.5 Å². The van der Waals surface area contributed by atoms with E-state index >= 15 is 0 Å². The number of hydrogen-bond donors (Lipinski definition) is 1. The molecule has 1 aromatic rings. The first-order valence-corrected chi connectivity index (χ1v) is 7.69. The van der Waals surface area contributed by atoms with Crippen LogP contribution in [0.1, 0.15) is 39.0 Å². The van der Waals surface area contributed by atoms with Gasteiger partial charge in [-0.2, -0.15) is 0 Å².